The van der Waals surface area contributed by atoms with Gasteiger partial charge in [-0.1, -0.05) is 92.2 Å². The summed E-state index contributed by atoms with van der Waals surface area (Å²) in [6, 6.07) is 24.4. The van der Waals surface area contributed by atoms with Crippen molar-refractivity contribution in [2.45, 2.75) is 56.9 Å². The molecule has 2 N–H and O–H groups in total. The molecule has 3 rings (SSSR count). The zero-order valence-electron chi connectivity index (χ0n) is 22.8. The molecule has 3 aromatic rings. The van der Waals surface area contributed by atoms with Crippen LogP contribution in [0.5, 0.6) is 0 Å². The highest BCUT2D eigenvalue weighted by molar-refractivity contribution is 7.89. The lowest BCUT2D eigenvalue weighted by Gasteiger charge is -2.29. The Hall–Kier alpha value is -3.49. The highest BCUT2D eigenvalue weighted by Gasteiger charge is 2.36. The molecule has 0 aliphatic heterocycles. The van der Waals surface area contributed by atoms with E-state index in [0.29, 0.717) is 19.4 Å². The van der Waals surface area contributed by atoms with E-state index < -0.39 is 28.0 Å². The summed E-state index contributed by atoms with van der Waals surface area (Å²) in [6.45, 7) is 6.04. The zero-order chi connectivity index (χ0) is 28.4. The smallest absolute Gasteiger partial charge is 0.322 e. The Labute approximate surface area is 231 Å². The van der Waals surface area contributed by atoms with Gasteiger partial charge in [-0.2, -0.15) is 4.31 Å². The lowest BCUT2D eigenvalue weighted by atomic mass is 9.90. The minimum atomic E-state index is -4.00. The number of carboxylic acids is 1. The normalized spacial score (nSPS) is 12.6. The predicted molar refractivity (Wildman–Crippen MR) is 153 cm³/mol. The molecule has 0 bridgehead atoms. The van der Waals surface area contributed by atoms with Gasteiger partial charge in [0.15, 0.2) is 0 Å². The number of aryl methyl sites for hydroxylation is 1. The largest absolute Gasteiger partial charge is 0.480 e. The number of benzene rings is 3. The highest BCUT2D eigenvalue weighted by Crippen LogP contribution is 2.25. The van der Waals surface area contributed by atoms with Crippen LogP contribution in [0.15, 0.2) is 89.8 Å². The average molecular weight is 551 g/mol. The van der Waals surface area contributed by atoms with Gasteiger partial charge in [-0.25, -0.2) is 8.42 Å². The number of carbonyl (C=O) groups is 2. The van der Waals surface area contributed by atoms with Gasteiger partial charge in [0, 0.05) is 13.1 Å². The van der Waals surface area contributed by atoms with Gasteiger partial charge in [-0.3, -0.25) is 9.59 Å². The summed E-state index contributed by atoms with van der Waals surface area (Å²) in [5.74, 6) is -1.83. The van der Waals surface area contributed by atoms with Crippen molar-refractivity contribution in [1.29, 1.82) is 0 Å². The van der Waals surface area contributed by atoms with Crippen LogP contribution >= 0.6 is 0 Å². The van der Waals surface area contributed by atoms with Crippen LogP contribution in [0.2, 0.25) is 0 Å². The molecule has 0 heterocycles. The number of sulfonamides is 1. The number of carboxylic acid groups (broad SMARTS) is 1. The number of hydrogen-bond acceptors (Lipinski definition) is 4. The number of unbranched alkanes of at least 4 members (excludes halogenated alkanes) is 1. The Balaban J connectivity index is 1.66. The van der Waals surface area contributed by atoms with Gasteiger partial charge in [0.2, 0.25) is 15.9 Å². The van der Waals surface area contributed by atoms with Crippen LogP contribution in [0.1, 0.15) is 55.7 Å². The van der Waals surface area contributed by atoms with E-state index in [1.54, 1.807) is 12.1 Å². The maximum absolute atomic E-state index is 13.5. The second-order valence-electron chi connectivity index (χ2n) is 10.2. The lowest BCUT2D eigenvalue weighted by molar-refractivity contribution is -0.142. The minimum absolute atomic E-state index is 0.0562. The number of aliphatic carboxylic acids is 1. The zero-order valence-corrected chi connectivity index (χ0v) is 23.6. The first-order valence-electron chi connectivity index (χ1n) is 13.3. The van der Waals surface area contributed by atoms with Gasteiger partial charge in [0.25, 0.3) is 0 Å². The Morgan fingerprint density at radius 3 is 1.87 bits per heavy atom. The van der Waals surface area contributed by atoms with Gasteiger partial charge in [-0.15, -0.1) is 0 Å². The Kier molecular flexibility index (Phi) is 10.8. The first kappa shape index (κ1) is 30.1. The highest BCUT2D eigenvalue weighted by atomic mass is 32.2. The molecule has 0 fully saturated rings. The number of hydrogen-bond donors (Lipinski definition) is 2. The molecule has 1 atom stereocenters. The van der Waals surface area contributed by atoms with Crippen LogP contribution in [-0.4, -0.2) is 48.8 Å². The van der Waals surface area contributed by atoms with Crippen LogP contribution in [-0.2, 0) is 19.6 Å². The molecule has 1 amide bonds. The molecule has 0 spiro atoms. The van der Waals surface area contributed by atoms with Crippen LogP contribution in [0.3, 0.4) is 0 Å². The molecule has 0 unspecified atom stereocenters. The van der Waals surface area contributed by atoms with E-state index in [1.807, 2.05) is 81.4 Å². The molecule has 0 radical (unpaired) electrons. The standard InChI is InChI=1S/C31H38N2O5S/c1-23(2)22-33(39(37,38)27-19-17-24(3)18-20-27)28(31(35)36)16-10-11-21-32-30(34)29(25-12-6-4-7-13-25)26-14-8-5-9-15-26/h4-9,12-15,17-20,23,28-29H,10-11,16,21-22H2,1-3H3,(H,32,34)(H,35,36)/t28-/m0/s1. The summed E-state index contributed by atoms with van der Waals surface area (Å²) in [5.41, 5.74) is 2.69. The number of carbonyl (C=O) groups excluding carboxylic acids is 1. The molecular weight excluding hydrogens is 512 g/mol. The summed E-state index contributed by atoms with van der Waals surface area (Å²) in [4.78, 5) is 25.5. The van der Waals surface area contributed by atoms with Crippen LogP contribution in [0.4, 0.5) is 0 Å². The lowest BCUT2D eigenvalue weighted by Crippen LogP contribution is -2.46. The van der Waals surface area contributed by atoms with Gasteiger partial charge < -0.3 is 10.4 Å². The number of amides is 1. The van der Waals surface area contributed by atoms with Crippen LogP contribution in [0.25, 0.3) is 0 Å². The molecule has 208 valence electrons. The third-order valence-electron chi connectivity index (χ3n) is 6.54. The number of nitrogens with zero attached hydrogens (tertiary/aromatic N) is 1. The van der Waals surface area contributed by atoms with Crippen molar-refractivity contribution in [2.24, 2.45) is 5.92 Å². The van der Waals surface area contributed by atoms with Crippen molar-refractivity contribution in [2.75, 3.05) is 13.1 Å². The van der Waals surface area contributed by atoms with Crippen LogP contribution in [0, 0.1) is 12.8 Å². The SMILES string of the molecule is Cc1ccc(S(=O)(=O)N(CC(C)C)[C@@H](CCCCNC(=O)C(c2ccccc2)c2ccccc2)C(=O)O)cc1. The quantitative estimate of drug-likeness (QED) is 0.268. The first-order chi connectivity index (χ1) is 18.6. The van der Waals surface area contributed by atoms with E-state index >= 15 is 0 Å². The van der Waals surface area contributed by atoms with Crippen molar-refractivity contribution in [3.05, 3.63) is 102 Å². The second-order valence-corrected chi connectivity index (χ2v) is 12.1. The predicted octanol–water partition coefficient (Wildman–Crippen LogP) is 5.21. The number of rotatable bonds is 14. The molecule has 0 saturated carbocycles. The molecule has 0 aromatic heterocycles. The summed E-state index contributed by atoms with van der Waals surface area (Å²) in [7, 11) is -4.00. The van der Waals surface area contributed by atoms with E-state index in [2.05, 4.69) is 5.32 Å². The topological polar surface area (TPSA) is 104 Å². The Morgan fingerprint density at radius 1 is 0.846 bits per heavy atom. The Bertz CT molecular complexity index is 1270. The third-order valence-corrected chi connectivity index (χ3v) is 8.43. The molecule has 0 aliphatic rings. The fourth-order valence-electron chi connectivity index (χ4n) is 4.55. The fourth-order valence-corrected chi connectivity index (χ4v) is 6.33. The van der Waals surface area contributed by atoms with Crippen molar-refractivity contribution in [3.63, 3.8) is 0 Å². The van der Waals surface area contributed by atoms with Gasteiger partial charge in [0.05, 0.1) is 10.8 Å². The fraction of sp³-hybridized carbons (Fsp3) is 0.355. The monoisotopic (exact) mass is 550 g/mol. The van der Waals surface area contributed by atoms with Gasteiger partial charge in [-0.05, 0) is 55.4 Å². The molecule has 0 saturated heterocycles. The molecule has 3 aromatic carbocycles. The first-order valence-corrected chi connectivity index (χ1v) is 14.7. The Morgan fingerprint density at radius 2 is 1.38 bits per heavy atom. The van der Waals surface area contributed by atoms with Crippen molar-refractivity contribution >= 4 is 21.9 Å². The number of nitrogens with one attached hydrogen (secondary N) is 1. The molecule has 8 heteroatoms. The van der Waals surface area contributed by atoms with Crippen LogP contribution < -0.4 is 5.32 Å². The molecule has 0 aliphatic carbocycles. The van der Waals surface area contributed by atoms with Crippen molar-refractivity contribution < 1.29 is 23.1 Å². The van der Waals surface area contributed by atoms with Gasteiger partial charge in [0.1, 0.15) is 6.04 Å². The third kappa shape index (κ3) is 8.25. The van der Waals surface area contributed by atoms with E-state index in [1.165, 1.54) is 12.1 Å². The van der Waals surface area contributed by atoms with E-state index in [4.69, 9.17) is 0 Å². The van der Waals surface area contributed by atoms with E-state index in [0.717, 1.165) is 21.0 Å². The van der Waals surface area contributed by atoms with Crippen molar-refractivity contribution in [3.8, 4) is 0 Å². The summed E-state index contributed by atoms with van der Waals surface area (Å²) < 4.78 is 28.0. The van der Waals surface area contributed by atoms with E-state index in [9.17, 15) is 23.1 Å². The van der Waals surface area contributed by atoms with E-state index in [-0.39, 0.29) is 29.7 Å². The minimum Gasteiger partial charge on any atom is -0.480 e. The maximum atomic E-state index is 13.5. The van der Waals surface area contributed by atoms with Gasteiger partial charge >= 0.3 is 5.97 Å². The second kappa shape index (κ2) is 14.1. The maximum Gasteiger partial charge on any atom is 0.322 e. The summed E-state index contributed by atoms with van der Waals surface area (Å²) in [6.07, 6.45) is 1.10. The average Bonchev–Trinajstić information content (AvgIpc) is 2.91. The molecule has 7 nitrogen and oxygen atoms in total. The molecule has 39 heavy (non-hydrogen) atoms. The summed E-state index contributed by atoms with van der Waals surface area (Å²) in [5, 5.41) is 13.0. The molecular formula is C31H38N2O5S. The summed E-state index contributed by atoms with van der Waals surface area (Å²) >= 11 is 0. The van der Waals surface area contributed by atoms with Crippen molar-refractivity contribution in [1.82, 2.24) is 9.62 Å².